The van der Waals surface area contributed by atoms with E-state index in [1.807, 2.05) is 24.8 Å². The maximum atomic E-state index is 12.2. The molecule has 1 aromatic heterocycles. The van der Waals surface area contributed by atoms with Crippen molar-refractivity contribution < 1.29 is 9.21 Å². The minimum Gasteiger partial charge on any atom is -0.466 e. The monoisotopic (exact) mass is 278 g/mol. The largest absolute Gasteiger partial charge is 0.466 e. The summed E-state index contributed by atoms with van der Waals surface area (Å²) < 4.78 is 5.54. The van der Waals surface area contributed by atoms with Crippen molar-refractivity contribution in [1.82, 2.24) is 10.2 Å². The number of carbonyl (C=O) groups is 1. The van der Waals surface area contributed by atoms with Gasteiger partial charge >= 0.3 is 0 Å². The number of rotatable bonds is 4. The van der Waals surface area contributed by atoms with Crippen LogP contribution in [-0.2, 0) is 4.79 Å². The van der Waals surface area contributed by atoms with Crippen molar-refractivity contribution in [2.24, 2.45) is 5.92 Å². The molecule has 0 unspecified atom stereocenters. The number of carbonyl (C=O) groups excluding carboxylic acids is 1. The number of nitrogens with zero attached hydrogens (tertiary/aromatic N) is 1. The molecule has 112 valence electrons. The quantitative estimate of drug-likeness (QED) is 0.921. The molecule has 1 saturated heterocycles. The molecule has 0 bridgehead atoms. The Bertz CT molecular complexity index is 459. The van der Waals surface area contributed by atoms with Crippen LogP contribution in [0.1, 0.15) is 49.8 Å². The molecule has 0 aromatic carbocycles. The third kappa shape index (κ3) is 3.63. The van der Waals surface area contributed by atoms with Crippen molar-refractivity contribution in [2.45, 2.75) is 46.6 Å². The number of aryl methyl sites for hydroxylation is 2. The maximum Gasteiger partial charge on any atom is 0.236 e. The summed E-state index contributed by atoms with van der Waals surface area (Å²) in [6, 6.07) is 2.18. The van der Waals surface area contributed by atoms with Gasteiger partial charge in [-0.1, -0.05) is 6.92 Å². The zero-order valence-corrected chi connectivity index (χ0v) is 13.0. The standard InChI is InChI=1S/C16H26N2O2/c1-11-5-7-18(8-6-11)16(19)10-17-13(3)15-9-12(2)20-14(15)4/h9,11,13,17H,5-8,10H2,1-4H3/t13-/m1/s1. The van der Waals surface area contributed by atoms with Gasteiger partial charge in [0.15, 0.2) is 0 Å². The molecule has 0 spiro atoms. The zero-order chi connectivity index (χ0) is 14.7. The van der Waals surface area contributed by atoms with Gasteiger partial charge in [-0.15, -0.1) is 0 Å². The lowest BCUT2D eigenvalue weighted by molar-refractivity contribution is -0.131. The number of amides is 1. The minimum atomic E-state index is 0.139. The molecule has 4 nitrogen and oxygen atoms in total. The summed E-state index contributed by atoms with van der Waals surface area (Å²) >= 11 is 0. The fourth-order valence-corrected chi connectivity index (χ4v) is 2.80. The van der Waals surface area contributed by atoms with Crippen molar-refractivity contribution in [3.8, 4) is 0 Å². The van der Waals surface area contributed by atoms with Gasteiger partial charge in [-0.2, -0.15) is 0 Å². The third-order valence-corrected chi connectivity index (χ3v) is 4.24. The molecule has 1 N–H and O–H groups in total. The molecule has 1 aliphatic rings. The number of piperidine rings is 1. The van der Waals surface area contributed by atoms with E-state index >= 15 is 0 Å². The molecule has 2 rings (SSSR count). The second-order valence-electron chi connectivity index (χ2n) is 6.03. The van der Waals surface area contributed by atoms with Crippen LogP contribution in [-0.4, -0.2) is 30.4 Å². The van der Waals surface area contributed by atoms with Crippen LogP contribution in [0.25, 0.3) is 0 Å². The van der Waals surface area contributed by atoms with Crippen molar-refractivity contribution in [3.63, 3.8) is 0 Å². The lowest BCUT2D eigenvalue weighted by Crippen LogP contribution is -2.43. The molecule has 2 heterocycles. The first kappa shape index (κ1) is 15.1. The fourth-order valence-electron chi connectivity index (χ4n) is 2.80. The van der Waals surface area contributed by atoms with Crippen LogP contribution in [0.4, 0.5) is 0 Å². The average Bonchev–Trinajstić information content (AvgIpc) is 2.75. The number of furan rings is 1. The molecule has 4 heteroatoms. The Hall–Kier alpha value is -1.29. The van der Waals surface area contributed by atoms with Crippen LogP contribution in [0.2, 0.25) is 0 Å². The van der Waals surface area contributed by atoms with Crippen molar-refractivity contribution >= 4 is 5.91 Å². The van der Waals surface area contributed by atoms with Crippen LogP contribution in [0, 0.1) is 19.8 Å². The minimum absolute atomic E-state index is 0.139. The molecule has 0 saturated carbocycles. The Morgan fingerprint density at radius 1 is 1.45 bits per heavy atom. The fraction of sp³-hybridized carbons (Fsp3) is 0.688. The van der Waals surface area contributed by atoms with E-state index in [2.05, 4.69) is 19.2 Å². The van der Waals surface area contributed by atoms with Crippen LogP contribution in [0.3, 0.4) is 0 Å². The predicted octanol–water partition coefficient (Wildman–Crippen LogP) is 2.81. The van der Waals surface area contributed by atoms with Crippen LogP contribution >= 0.6 is 0 Å². The first-order valence-electron chi connectivity index (χ1n) is 7.55. The van der Waals surface area contributed by atoms with E-state index in [4.69, 9.17) is 4.42 Å². The number of hydrogen-bond donors (Lipinski definition) is 1. The Morgan fingerprint density at radius 3 is 2.65 bits per heavy atom. The Morgan fingerprint density at radius 2 is 2.10 bits per heavy atom. The molecule has 0 aliphatic carbocycles. The molecule has 1 aliphatic heterocycles. The van der Waals surface area contributed by atoms with E-state index in [9.17, 15) is 4.79 Å². The van der Waals surface area contributed by atoms with Gasteiger partial charge in [0.1, 0.15) is 11.5 Å². The number of likely N-dealkylation sites (tertiary alicyclic amines) is 1. The first-order valence-corrected chi connectivity index (χ1v) is 7.55. The van der Waals surface area contributed by atoms with Gasteiger partial charge in [0.25, 0.3) is 0 Å². The van der Waals surface area contributed by atoms with Gasteiger partial charge in [0.05, 0.1) is 6.54 Å². The lowest BCUT2D eigenvalue weighted by atomic mass is 9.99. The molecular weight excluding hydrogens is 252 g/mol. The second-order valence-corrected chi connectivity index (χ2v) is 6.03. The lowest BCUT2D eigenvalue weighted by Gasteiger charge is -2.30. The van der Waals surface area contributed by atoms with Gasteiger partial charge in [0, 0.05) is 24.7 Å². The SMILES string of the molecule is Cc1cc([C@@H](C)NCC(=O)N2CCC(C)CC2)c(C)o1. The highest BCUT2D eigenvalue weighted by Gasteiger charge is 2.21. The van der Waals surface area contributed by atoms with E-state index in [1.165, 1.54) is 0 Å². The first-order chi connectivity index (χ1) is 9.47. The van der Waals surface area contributed by atoms with Crippen LogP contribution < -0.4 is 5.32 Å². The molecule has 1 aromatic rings. The summed E-state index contributed by atoms with van der Waals surface area (Å²) in [6.45, 7) is 10.5. The van der Waals surface area contributed by atoms with E-state index in [-0.39, 0.29) is 11.9 Å². The molecular formula is C16H26N2O2. The Labute approximate surface area is 121 Å². The van der Waals surface area contributed by atoms with Gasteiger partial charge < -0.3 is 14.6 Å². The molecule has 1 fully saturated rings. The van der Waals surface area contributed by atoms with E-state index < -0.39 is 0 Å². The van der Waals surface area contributed by atoms with E-state index in [1.54, 1.807) is 0 Å². The van der Waals surface area contributed by atoms with Gasteiger partial charge in [-0.05, 0) is 45.6 Å². The average molecular weight is 278 g/mol. The number of nitrogens with one attached hydrogen (secondary N) is 1. The highest BCUT2D eigenvalue weighted by molar-refractivity contribution is 5.78. The smallest absolute Gasteiger partial charge is 0.236 e. The summed E-state index contributed by atoms with van der Waals surface area (Å²) in [5, 5.41) is 3.31. The normalized spacial score (nSPS) is 18.3. The topological polar surface area (TPSA) is 45.5 Å². The van der Waals surface area contributed by atoms with Gasteiger partial charge in [-0.3, -0.25) is 4.79 Å². The Balaban J connectivity index is 1.82. The Kier molecular flexibility index (Phi) is 4.86. The van der Waals surface area contributed by atoms with Crippen molar-refractivity contribution in [1.29, 1.82) is 0 Å². The molecule has 1 amide bonds. The predicted molar refractivity (Wildman–Crippen MR) is 79.6 cm³/mol. The maximum absolute atomic E-state index is 12.2. The summed E-state index contributed by atoms with van der Waals surface area (Å²) in [6.07, 6.45) is 2.25. The highest BCUT2D eigenvalue weighted by Crippen LogP contribution is 2.21. The number of hydrogen-bond acceptors (Lipinski definition) is 3. The van der Waals surface area contributed by atoms with Crippen LogP contribution in [0.15, 0.2) is 10.5 Å². The van der Waals surface area contributed by atoms with Crippen molar-refractivity contribution in [2.75, 3.05) is 19.6 Å². The second kappa shape index (κ2) is 6.44. The highest BCUT2D eigenvalue weighted by atomic mass is 16.3. The van der Waals surface area contributed by atoms with Gasteiger partial charge in [0.2, 0.25) is 5.91 Å². The molecule has 0 radical (unpaired) electrons. The third-order valence-electron chi connectivity index (χ3n) is 4.24. The van der Waals surface area contributed by atoms with E-state index in [0.29, 0.717) is 6.54 Å². The molecule has 1 atom stereocenters. The summed E-state index contributed by atoms with van der Waals surface area (Å²) in [5.41, 5.74) is 1.14. The van der Waals surface area contributed by atoms with Crippen molar-refractivity contribution in [3.05, 3.63) is 23.2 Å². The van der Waals surface area contributed by atoms with Crippen LogP contribution in [0.5, 0.6) is 0 Å². The van der Waals surface area contributed by atoms with E-state index in [0.717, 1.165) is 48.9 Å². The summed E-state index contributed by atoms with van der Waals surface area (Å²) in [7, 11) is 0. The summed E-state index contributed by atoms with van der Waals surface area (Å²) in [4.78, 5) is 14.2. The summed E-state index contributed by atoms with van der Waals surface area (Å²) in [5.74, 6) is 2.81. The molecule has 20 heavy (non-hydrogen) atoms. The zero-order valence-electron chi connectivity index (χ0n) is 13.0. The van der Waals surface area contributed by atoms with Gasteiger partial charge in [-0.25, -0.2) is 0 Å².